The number of likely N-dealkylation sites (N-methyl/N-ethyl adjacent to an activating group) is 2. The Hall–Kier alpha value is -1.58. The summed E-state index contributed by atoms with van der Waals surface area (Å²) < 4.78 is 0. The summed E-state index contributed by atoms with van der Waals surface area (Å²) in [5.74, 6) is 1.24. The zero-order valence-corrected chi connectivity index (χ0v) is 15.2. The van der Waals surface area contributed by atoms with Crippen LogP contribution < -0.4 is 0 Å². The van der Waals surface area contributed by atoms with Gasteiger partial charge in [0, 0.05) is 37.8 Å². The van der Waals surface area contributed by atoms with E-state index in [0.717, 1.165) is 45.3 Å². The second kappa shape index (κ2) is 8.90. The molecule has 130 valence electrons. The molecule has 1 saturated carbocycles. The van der Waals surface area contributed by atoms with E-state index in [1.807, 2.05) is 18.9 Å². The van der Waals surface area contributed by atoms with Gasteiger partial charge in [-0.15, -0.1) is 0 Å². The number of amides is 2. The molecule has 4 nitrogen and oxygen atoms in total. The number of nitrogens with zero attached hydrogens (tertiary/aromatic N) is 2. The highest BCUT2D eigenvalue weighted by Gasteiger charge is 2.26. The van der Waals surface area contributed by atoms with Gasteiger partial charge < -0.3 is 9.80 Å². The predicted molar refractivity (Wildman–Crippen MR) is 95.0 cm³/mol. The standard InChI is InChI=1S/C19H32N2O2/c1-7-21(19(23)15(4)5)13-17-10-8-16(9-11-17)12-20(6)18(22)14(2)3/h16-17H,2,4,7-13H2,1,3,5-6H3. The summed E-state index contributed by atoms with van der Waals surface area (Å²) in [4.78, 5) is 27.6. The third-order valence-electron chi connectivity index (χ3n) is 4.72. The first kappa shape index (κ1) is 19.5. The predicted octanol–water partition coefficient (Wildman–Crippen LogP) is 3.25. The van der Waals surface area contributed by atoms with Gasteiger partial charge in [-0.25, -0.2) is 0 Å². The Balaban J connectivity index is 2.43. The highest BCUT2D eigenvalue weighted by molar-refractivity contribution is 5.92. The summed E-state index contributed by atoms with van der Waals surface area (Å²) in [7, 11) is 1.85. The average Bonchev–Trinajstić information content (AvgIpc) is 2.52. The summed E-state index contributed by atoms with van der Waals surface area (Å²) in [6, 6.07) is 0. The topological polar surface area (TPSA) is 40.6 Å². The van der Waals surface area contributed by atoms with Crippen molar-refractivity contribution in [1.82, 2.24) is 9.80 Å². The summed E-state index contributed by atoms with van der Waals surface area (Å²) in [5.41, 5.74) is 1.21. The molecule has 0 saturated heterocycles. The lowest BCUT2D eigenvalue weighted by molar-refractivity contribution is -0.128. The van der Waals surface area contributed by atoms with Crippen molar-refractivity contribution in [3.63, 3.8) is 0 Å². The Morgan fingerprint density at radius 3 is 1.74 bits per heavy atom. The van der Waals surface area contributed by atoms with Crippen LogP contribution in [0.1, 0.15) is 46.5 Å². The van der Waals surface area contributed by atoms with Crippen molar-refractivity contribution >= 4 is 11.8 Å². The highest BCUT2D eigenvalue weighted by atomic mass is 16.2. The first-order chi connectivity index (χ1) is 10.8. The van der Waals surface area contributed by atoms with Crippen LogP contribution >= 0.6 is 0 Å². The summed E-state index contributed by atoms with van der Waals surface area (Å²) in [6.45, 7) is 15.4. The van der Waals surface area contributed by atoms with Crippen LogP contribution in [0.4, 0.5) is 0 Å². The van der Waals surface area contributed by atoms with Gasteiger partial charge in [0.25, 0.3) is 0 Å². The van der Waals surface area contributed by atoms with Crippen LogP contribution in [0.2, 0.25) is 0 Å². The molecule has 0 radical (unpaired) electrons. The molecule has 0 spiro atoms. The van der Waals surface area contributed by atoms with Crippen LogP contribution in [-0.2, 0) is 9.59 Å². The molecule has 0 aromatic carbocycles. The van der Waals surface area contributed by atoms with Crippen molar-refractivity contribution < 1.29 is 9.59 Å². The maximum Gasteiger partial charge on any atom is 0.248 e. The van der Waals surface area contributed by atoms with E-state index in [9.17, 15) is 9.59 Å². The fraction of sp³-hybridized carbons (Fsp3) is 0.684. The van der Waals surface area contributed by atoms with E-state index in [0.29, 0.717) is 23.0 Å². The zero-order chi connectivity index (χ0) is 17.6. The lowest BCUT2D eigenvalue weighted by atomic mass is 9.81. The Kier molecular flexibility index (Phi) is 7.53. The van der Waals surface area contributed by atoms with Crippen LogP contribution in [0.5, 0.6) is 0 Å². The molecule has 0 aromatic heterocycles. The maximum absolute atomic E-state index is 12.1. The molecule has 23 heavy (non-hydrogen) atoms. The van der Waals surface area contributed by atoms with Gasteiger partial charge in [0.1, 0.15) is 0 Å². The van der Waals surface area contributed by atoms with E-state index in [1.165, 1.54) is 0 Å². The number of carbonyl (C=O) groups excluding carboxylic acids is 2. The second-order valence-electron chi connectivity index (χ2n) is 6.98. The van der Waals surface area contributed by atoms with Gasteiger partial charge in [-0.05, 0) is 58.3 Å². The first-order valence-electron chi connectivity index (χ1n) is 8.62. The molecule has 1 aliphatic rings. The Morgan fingerprint density at radius 1 is 0.913 bits per heavy atom. The van der Waals surface area contributed by atoms with Gasteiger partial charge in [-0.2, -0.15) is 0 Å². The molecule has 2 amide bonds. The molecule has 0 unspecified atom stereocenters. The van der Waals surface area contributed by atoms with Crippen molar-refractivity contribution in [3.8, 4) is 0 Å². The summed E-state index contributed by atoms with van der Waals surface area (Å²) in [5, 5.41) is 0. The largest absolute Gasteiger partial charge is 0.342 e. The van der Waals surface area contributed by atoms with Crippen LogP contribution in [0.25, 0.3) is 0 Å². The molecule has 0 atom stereocenters. The third kappa shape index (κ3) is 5.85. The molecule has 1 aliphatic carbocycles. The lowest BCUT2D eigenvalue weighted by Gasteiger charge is -2.34. The van der Waals surface area contributed by atoms with Crippen LogP contribution in [0.15, 0.2) is 24.3 Å². The van der Waals surface area contributed by atoms with Crippen molar-refractivity contribution in [2.75, 3.05) is 26.7 Å². The van der Waals surface area contributed by atoms with Crippen molar-refractivity contribution in [1.29, 1.82) is 0 Å². The minimum Gasteiger partial charge on any atom is -0.342 e. The normalized spacial score (nSPS) is 20.7. The van der Waals surface area contributed by atoms with Crippen LogP contribution in [0, 0.1) is 11.8 Å². The van der Waals surface area contributed by atoms with E-state index in [1.54, 1.807) is 18.7 Å². The third-order valence-corrected chi connectivity index (χ3v) is 4.72. The second-order valence-corrected chi connectivity index (χ2v) is 6.98. The molecule has 4 heteroatoms. The highest BCUT2D eigenvalue weighted by Crippen LogP contribution is 2.30. The van der Waals surface area contributed by atoms with E-state index >= 15 is 0 Å². The monoisotopic (exact) mass is 320 g/mol. The molecule has 0 N–H and O–H groups in total. The van der Waals surface area contributed by atoms with Gasteiger partial charge in [-0.1, -0.05) is 13.2 Å². The van der Waals surface area contributed by atoms with Crippen LogP contribution in [0.3, 0.4) is 0 Å². The summed E-state index contributed by atoms with van der Waals surface area (Å²) in [6.07, 6.45) is 4.49. The molecule has 0 aliphatic heterocycles. The smallest absolute Gasteiger partial charge is 0.248 e. The SMILES string of the molecule is C=C(C)C(=O)N(C)CC1CCC(CN(CC)C(=O)C(=C)C)CC1. The van der Waals surface area contributed by atoms with Gasteiger partial charge in [0.15, 0.2) is 0 Å². The Labute approximate surface area is 141 Å². The molecule has 0 heterocycles. The maximum atomic E-state index is 12.1. The quantitative estimate of drug-likeness (QED) is 0.676. The van der Waals surface area contributed by atoms with Crippen molar-refractivity contribution in [3.05, 3.63) is 24.3 Å². The van der Waals surface area contributed by atoms with E-state index < -0.39 is 0 Å². The first-order valence-corrected chi connectivity index (χ1v) is 8.62. The average molecular weight is 320 g/mol. The Morgan fingerprint density at radius 2 is 1.35 bits per heavy atom. The molecule has 1 rings (SSSR count). The molecular weight excluding hydrogens is 288 g/mol. The zero-order valence-electron chi connectivity index (χ0n) is 15.2. The fourth-order valence-corrected chi connectivity index (χ4v) is 3.33. The van der Waals surface area contributed by atoms with E-state index in [4.69, 9.17) is 0 Å². The summed E-state index contributed by atoms with van der Waals surface area (Å²) >= 11 is 0. The fourth-order valence-electron chi connectivity index (χ4n) is 3.33. The molecular formula is C19H32N2O2. The number of rotatable bonds is 7. The Bertz CT molecular complexity index is 462. The molecule has 0 bridgehead atoms. The van der Waals surface area contributed by atoms with E-state index in [2.05, 4.69) is 13.2 Å². The van der Waals surface area contributed by atoms with Gasteiger partial charge in [-0.3, -0.25) is 9.59 Å². The number of hydrogen-bond donors (Lipinski definition) is 0. The van der Waals surface area contributed by atoms with E-state index in [-0.39, 0.29) is 11.8 Å². The van der Waals surface area contributed by atoms with Crippen molar-refractivity contribution in [2.24, 2.45) is 11.8 Å². The molecule has 0 aromatic rings. The molecule has 1 fully saturated rings. The lowest BCUT2D eigenvalue weighted by Crippen LogP contribution is -2.38. The minimum absolute atomic E-state index is 0.0383. The number of carbonyl (C=O) groups is 2. The van der Waals surface area contributed by atoms with Gasteiger partial charge >= 0.3 is 0 Å². The minimum atomic E-state index is 0.0383. The van der Waals surface area contributed by atoms with Gasteiger partial charge in [0.05, 0.1) is 0 Å². The number of hydrogen-bond acceptors (Lipinski definition) is 2. The van der Waals surface area contributed by atoms with Crippen LogP contribution in [-0.4, -0.2) is 48.3 Å². The van der Waals surface area contributed by atoms with Crippen molar-refractivity contribution in [2.45, 2.75) is 46.5 Å². The van der Waals surface area contributed by atoms with Gasteiger partial charge in [0.2, 0.25) is 11.8 Å².